The fraction of sp³-hybridized carbons (Fsp3) is 0.182. The molecule has 0 N–H and O–H groups in total. The molecule has 3 amide bonds. The molecule has 0 spiro atoms. The molecule has 2 aliphatic heterocycles. The number of imide groups is 1. The van der Waals surface area contributed by atoms with Gasteiger partial charge < -0.3 is 4.74 Å². The van der Waals surface area contributed by atoms with Crippen molar-refractivity contribution in [2.24, 2.45) is 0 Å². The predicted molar refractivity (Wildman–Crippen MR) is 120 cm³/mol. The van der Waals surface area contributed by atoms with Crippen LogP contribution in [0.2, 0.25) is 0 Å². The molecule has 0 radical (unpaired) electrons. The van der Waals surface area contributed by atoms with Crippen LogP contribution in [0.25, 0.3) is 6.08 Å². The van der Waals surface area contributed by atoms with Gasteiger partial charge in [0.25, 0.3) is 11.8 Å². The molecule has 158 valence electrons. The Bertz CT molecular complexity index is 1100. The summed E-state index contributed by atoms with van der Waals surface area (Å²) in [7, 11) is 0. The summed E-state index contributed by atoms with van der Waals surface area (Å²) in [5.41, 5.74) is 1.04. The van der Waals surface area contributed by atoms with E-state index in [2.05, 4.69) is 0 Å². The summed E-state index contributed by atoms with van der Waals surface area (Å²) in [5, 5.41) is 0. The minimum atomic E-state index is -0.995. The number of hydrogen-bond acceptors (Lipinski definition) is 6. The summed E-state index contributed by atoms with van der Waals surface area (Å²) in [6.07, 6.45) is 1.44. The first-order valence-electron chi connectivity index (χ1n) is 9.51. The summed E-state index contributed by atoms with van der Waals surface area (Å²) < 4.78 is 18.7. The molecule has 0 aromatic heterocycles. The number of halogens is 1. The van der Waals surface area contributed by atoms with Crippen molar-refractivity contribution in [2.45, 2.75) is 19.4 Å². The first-order valence-corrected chi connectivity index (χ1v) is 10.7. The van der Waals surface area contributed by atoms with Crippen molar-refractivity contribution < 1.29 is 23.5 Å². The Balaban J connectivity index is 1.56. The Morgan fingerprint density at radius 1 is 1.13 bits per heavy atom. The fourth-order valence-electron chi connectivity index (χ4n) is 3.41. The molecule has 2 aromatic rings. The quantitative estimate of drug-likeness (QED) is 0.388. The first-order chi connectivity index (χ1) is 14.9. The number of nitrogens with zero attached hydrogens (tertiary/aromatic N) is 2. The molecule has 0 aliphatic carbocycles. The van der Waals surface area contributed by atoms with E-state index in [9.17, 15) is 18.8 Å². The highest BCUT2D eigenvalue weighted by Crippen LogP contribution is 2.37. The van der Waals surface area contributed by atoms with Gasteiger partial charge in [0.05, 0.1) is 23.6 Å². The zero-order chi connectivity index (χ0) is 22.1. The third kappa shape index (κ3) is 4.11. The third-order valence-electron chi connectivity index (χ3n) is 4.83. The van der Waals surface area contributed by atoms with Crippen LogP contribution in [0.3, 0.4) is 0 Å². The highest BCUT2D eigenvalue weighted by atomic mass is 32.2. The van der Waals surface area contributed by atoms with Gasteiger partial charge in [0.15, 0.2) is 0 Å². The maximum atomic E-state index is 13.1. The molecule has 2 aromatic carbocycles. The molecule has 6 nitrogen and oxygen atoms in total. The van der Waals surface area contributed by atoms with Crippen molar-refractivity contribution in [2.75, 3.05) is 11.5 Å². The number of ether oxygens (including phenoxy) is 1. The van der Waals surface area contributed by atoms with Crippen LogP contribution in [0.4, 0.5) is 10.1 Å². The maximum absolute atomic E-state index is 13.1. The lowest BCUT2D eigenvalue weighted by Gasteiger charge is -2.21. The Morgan fingerprint density at radius 2 is 1.81 bits per heavy atom. The molecule has 2 heterocycles. The van der Waals surface area contributed by atoms with Gasteiger partial charge in [-0.1, -0.05) is 36.1 Å². The lowest BCUT2D eigenvalue weighted by atomic mass is 10.2. The largest absolute Gasteiger partial charge is 0.494 e. The molecule has 9 heteroatoms. The summed E-state index contributed by atoms with van der Waals surface area (Å²) in [6.45, 7) is 2.36. The number of anilines is 1. The lowest BCUT2D eigenvalue weighted by Crippen LogP contribution is -2.44. The van der Waals surface area contributed by atoms with E-state index in [1.54, 1.807) is 42.5 Å². The minimum absolute atomic E-state index is 0.150. The van der Waals surface area contributed by atoms with Crippen molar-refractivity contribution in [1.82, 2.24) is 4.90 Å². The first kappa shape index (κ1) is 21.2. The Hall–Kier alpha value is -3.04. The number of hydrogen-bond donors (Lipinski definition) is 0. The van der Waals surface area contributed by atoms with Gasteiger partial charge in [-0.15, -0.1) is 0 Å². The number of thiocarbonyl (C=S) groups is 1. The molecule has 2 saturated heterocycles. The van der Waals surface area contributed by atoms with E-state index in [1.165, 1.54) is 17.0 Å². The number of carbonyl (C=O) groups excluding carboxylic acids is 3. The second-order valence-electron chi connectivity index (χ2n) is 6.82. The second-order valence-corrected chi connectivity index (χ2v) is 8.49. The average molecular weight is 457 g/mol. The average Bonchev–Trinajstić information content (AvgIpc) is 3.18. The van der Waals surface area contributed by atoms with E-state index in [0.29, 0.717) is 28.5 Å². The van der Waals surface area contributed by atoms with Crippen molar-refractivity contribution in [3.8, 4) is 5.75 Å². The van der Waals surface area contributed by atoms with E-state index in [1.807, 2.05) is 6.92 Å². The highest BCUT2D eigenvalue weighted by molar-refractivity contribution is 8.26. The van der Waals surface area contributed by atoms with Gasteiger partial charge in [-0.2, -0.15) is 0 Å². The van der Waals surface area contributed by atoms with E-state index in [0.717, 1.165) is 16.7 Å². The van der Waals surface area contributed by atoms with Gasteiger partial charge in [-0.25, -0.2) is 9.29 Å². The zero-order valence-electron chi connectivity index (χ0n) is 16.4. The fourth-order valence-corrected chi connectivity index (χ4v) is 4.76. The molecular formula is C22H17FN2O4S2. The normalized spacial score (nSPS) is 20.3. The highest BCUT2D eigenvalue weighted by Gasteiger charge is 2.48. The summed E-state index contributed by atoms with van der Waals surface area (Å²) in [4.78, 5) is 41.2. The van der Waals surface area contributed by atoms with Crippen LogP contribution >= 0.6 is 24.0 Å². The Morgan fingerprint density at radius 3 is 2.45 bits per heavy atom. The monoisotopic (exact) mass is 456 g/mol. The van der Waals surface area contributed by atoms with Crippen LogP contribution in [0.15, 0.2) is 53.4 Å². The van der Waals surface area contributed by atoms with Gasteiger partial charge in [-0.3, -0.25) is 19.3 Å². The van der Waals surface area contributed by atoms with Gasteiger partial charge in [0.2, 0.25) is 5.91 Å². The number of carbonyl (C=O) groups is 3. The lowest BCUT2D eigenvalue weighted by molar-refractivity contribution is -0.129. The third-order valence-corrected chi connectivity index (χ3v) is 6.16. The van der Waals surface area contributed by atoms with Crippen molar-refractivity contribution in [3.63, 3.8) is 0 Å². The maximum Gasteiger partial charge on any atom is 0.266 e. The molecule has 2 fully saturated rings. The molecule has 1 unspecified atom stereocenters. The molecule has 0 bridgehead atoms. The topological polar surface area (TPSA) is 66.9 Å². The molecule has 0 saturated carbocycles. The van der Waals surface area contributed by atoms with Crippen LogP contribution in [-0.4, -0.2) is 39.6 Å². The molecule has 1 atom stereocenters. The van der Waals surface area contributed by atoms with Crippen molar-refractivity contribution in [1.29, 1.82) is 0 Å². The number of benzene rings is 2. The number of rotatable bonds is 5. The van der Waals surface area contributed by atoms with Gasteiger partial charge in [0.1, 0.15) is 21.9 Å². The molecular weight excluding hydrogens is 439 g/mol. The van der Waals surface area contributed by atoms with Crippen LogP contribution in [0.5, 0.6) is 5.75 Å². The van der Waals surface area contributed by atoms with Gasteiger partial charge in [-0.05, 0) is 55.0 Å². The van der Waals surface area contributed by atoms with E-state index in [4.69, 9.17) is 17.0 Å². The van der Waals surface area contributed by atoms with E-state index < -0.39 is 23.8 Å². The van der Waals surface area contributed by atoms with Crippen molar-refractivity contribution in [3.05, 3.63) is 64.8 Å². The van der Waals surface area contributed by atoms with Crippen LogP contribution in [0.1, 0.15) is 18.9 Å². The minimum Gasteiger partial charge on any atom is -0.494 e. The standard InChI is InChI=1S/C22H17FN2O4S2/c1-2-29-16-9-7-15(8-10-16)24-19(26)12-17(20(24)27)25-21(28)18(31-22(25)30)11-13-3-5-14(23)6-4-13/h3-11,17H,2,12H2,1H3/b18-11-. The zero-order valence-corrected chi connectivity index (χ0v) is 18.0. The smallest absolute Gasteiger partial charge is 0.266 e. The Labute approximate surface area is 187 Å². The van der Waals surface area contributed by atoms with Gasteiger partial charge >= 0.3 is 0 Å². The van der Waals surface area contributed by atoms with E-state index >= 15 is 0 Å². The van der Waals surface area contributed by atoms with Crippen molar-refractivity contribution >= 4 is 57.8 Å². The molecule has 31 heavy (non-hydrogen) atoms. The van der Waals surface area contributed by atoms with Crippen LogP contribution < -0.4 is 9.64 Å². The van der Waals surface area contributed by atoms with E-state index in [-0.39, 0.29) is 16.6 Å². The molecule has 2 aliphatic rings. The summed E-state index contributed by atoms with van der Waals surface area (Å²) in [6, 6.07) is 11.3. The Kier molecular flexibility index (Phi) is 5.88. The summed E-state index contributed by atoms with van der Waals surface area (Å²) >= 11 is 6.38. The van der Waals surface area contributed by atoms with Crippen LogP contribution in [0, 0.1) is 5.82 Å². The summed E-state index contributed by atoms with van der Waals surface area (Å²) in [5.74, 6) is -1.11. The predicted octanol–water partition coefficient (Wildman–Crippen LogP) is 3.76. The number of amides is 3. The van der Waals surface area contributed by atoms with Crippen LogP contribution in [-0.2, 0) is 14.4 Å². The second kappa shape index (κ2) is 8.60. The molecule has 4 rings (SSSR count). The number of thioether (sulfide) groups is 1. The SMILES string of the molecule is CCOc1ccc(N2C(=O)CC(N3C(=O)/C(=C/c4ccc(F)cc4)SC3=S)C2=O)cc1. The van der Waals surface area contributed by atoms with Gasteiger partial charge in [0, 0.05) is 0 Å².